The highest BCUT2D eigenvalue weighted by molar-refractivity contribution is 7.71. The Bertz CT molecular complexity index is 791. The summed E-state index contributed by atoms with van der Waals surface area (Å²) < 4.78 is 2.33. The maximum absolute atomic E-state index is 12.3. The number of anilines is 1. The Morgan fingerprint density at radius 3 is 2.68 bits per heavy atom. The van der Waals surface area contributed by atoms with E-state index >= 15 is 0 Å². The van der Waals surface area contributed by atoms with E-state index in [0.29, 0.717) is 11.3 Å². The van der Waals surface area contributed by atoms with Gasteiger partial charge in [0.15, 0.2) is 4.77 Å². The summed E-state index contributed by atoms with van der Waals surface area (Å²) in [6.07, 6.45) is 1.06. The number of fused-ring (bicyclic) bond motifs is 1. The normalized spacial score (nSPS) is 14.5. The summed E-state index contributed by atoms with van der Waals surface area (Å²) in [5.74, 6) is 0.810. The van der Waals surface area contributed by atoms with E-state index in [0.717, 1.165) is 36.7 Å². The van der Waals surface area contributed by atoms with Gasteiger partial charge in [-0.2, -0.15) is 0 Å². The maximum Gasteiger partial charge on any atom is 0.258 e. The molecule has 2 aromatic rings. The summed E-state index contributed by atoms with van der Waals surface area (Å²) in [5.41, 5.74) is 2.79. The van der Waals surface area contributed by atoms with Crippen LogP contribution in [0.4, 0.5) is 5.82 Å². The van der Waals surface area contributed by atoms with Crippen molar-refractivity contribution in [3.8, 4) is 5.69 Å². The second kappa shape index (κ2) is 6.06. The molecule has 0 saturated carbocycles. The molecule has 6 heteroatoms. The van der Waals surface area contributed by atoms with Gasteiger partial charge in [-0.05, 0) is 44.2 Å². The van der Waals surface area contributed by atoms with Crippen LogP contribution in [0.25, 0.3) is 5.69 Å². The van der Waals surface area contributed by atoms with Gasteiger partial charge in [0.1, 0.15) is 5.82 Å². The van der Waals surface area contributed by atoms with Crippen LogP contribution in [0.5, 0.6) is 0 Å². The Hall–Kier alpha value is -1.92. The van der Waals surface area contributed by atoms with Crippen molar-refractivity contribution in [2.45, 2.75) is 26.8 Å². The predicted molar refractivity (Wildman–Crippen MR) is 91.2 cm³/mol. The van der Waals surface area contributed by atoms with Crippen LogP contribution >= 0.6 is 12.2 Å². The van der Waals surface area contributed by atoms with E-state index in [2.05, 4.69) is 22.1 Å². The molecule has 0 radical (unpaired) electrons. The maximum atomic E-state index is 12.3. The number of H-pyrrole nitrogens is 1. The minimum Gasteiger partial charge on any atom is -0.358 e. The SMILES string of the molecule is CCCN1CNc2c(c(=O)[nH]c(=S)n2-c2ccc(C)cc2)C1. The van der Waals surface area contributed by atoms with Crippen molar-refractivity contribution in [3.63, 3.8) is 0 Å². The van der Waals surface area contributed by atoms with Crippen molar-refractivity contribution >= 4 is 18.0 Å². The third-order valence-corrected chi connectivity index (χ3v) is 4.18. The molecule has 0 unspecified atom stereocenters. The standard InChI is InChI=1S/C16H20N4OS/c1-3-8-19-9-13-14(17-10-19)20(16(22)18-15(13)21)12-6-4-11(2)5-7-12/h4-7,17H,3,8-10H2,1-2H3,(H,18,21,22). The summed E-state index contributed by atoms with van der Waals surface area (Å²) in [5, 5.41) is 3.36. The summed E-state index contributed by atoms with van der Waals surface area (Å²) in [7, 11) is 0. The van der Waals surface area contributed by atoms with E-state index in [-0.39, 0.29) is 5.56 Å². The fourth-order valence-corrected chi connectivity index (χ4v) is 3.08. The van der Waals surface area contributed by atoms with Gasteiger partial charge in [-0.1, -0.05) is 24.6 Å². The van der Waals surface area contributed by atoms with Crippen molar-refractivity contribution in [3.05, 3.63) is 50.5 Å². The molecule has 1 aromatic heterocycles. The highest BCUT2D eigenvalue weighted by Gasteiger charge is 2.21. The van der Waals surface area contributed by atoms with Gasteiger partial charge in [-0.15, -0.1) is 0 Å². The molecule has 0 bridgehead atoms. The average molecular weight is 316 g/mol. The number of nitrogens with zero attached hydrogens (tertiary/aromatic N) is 2. The van der Waals surface area contributed by atoms with Gasteiger partial charge < -0.3 is 5.32 Å². The summed E-state index contributed by atoms with van der Waals surface area (Å²) >= 11 is 5.37. The highest BCUT2D eigenvalue weighted by atomic mass is 32.1. The molecule has 116 valence electrons. The molecule has 1 aliphatic rings. The Balaban J connectivity index is 2.13. The number of aromatic amines is 1. The van der Waals surface area contributed by atoms with E-state index in [1.807, 2.05) is 35.8 Å². The molecule has 2 heterocycles. The molecule has 0 aliphatic carbocycles. The molecule has 0 atom stereocenters. The van der Waals surface area contributed by atoms with Crippen LogP contribution in [0.2, 0.25) is 0 Å². The van der Waals surface area contributed by atoms with Crippen molar-refractivity contribution < 1.29 is 0 Å². The molecule has 3 rings (SSSR count). The van der Waals surface area contributed by atoms with E-state index < -0.39 is 0 Å². The van der Waals surface area contributed by atoms with Crippen molar-refractivity contribution in [1.82, 2.24) is 14.5 Å². The Morgan fingerprint density at radius 2 is 2.00 bits per heavy atom. The van der Waals surface area contributed by atoms with Crippen LogP contribution < -0.4 is 10.9 Å². The third kappa shape index (κ3) is 2.71. The fourth-order valence-electron chi connectivity index (χ4n) is 2.79. The third-order valence-electron chi connectivity index (χ3n) is 3.89. The van der Waals surface area contributed by atoms with Crippen molar-refractivity contribution in [1.29, 1.82) is 0 Å². The highest BCUT2D eigenvalue weighted by Crippen LogP contribution is 2.23. The topological polar surface area (TPSA) is 53.1 Å². The number of aromatic nitrogens is 2. The van der Waals surface area contributed by atoms with Crippen molar-refractivity contribution in [2.24, 2.45) is 0 Å². The molecular weight excluding hydrogens is 296 g/mol. The molecule has 0 spiro atoms. The lowest BCUT2D eigenvalue weighted by atomic mass is 10.2. The number of hydrogen-bond acceptors (Lipinski definition) is 4. The van der Waals surface area contributed by atoms with Gasteiger partial charge in [0.05, 0.1) is 12.2 Å². The molecular formula is C16H20N4OS. The lowest BCUT2D eigenvalue weighted by Gasteiger charge is -2.30. The first-order valence-electron chi connectivity index (χ1n) is 7.51. The van der Waals surface area contributed by atoms with Crippen molar-refractivity contribution in [2.75, 3.05) is 18.5 Å². The largest absolute Gasteiger partial charge is 0.358 e. The first-order chi connectivity index (χ1) is 10.6. The number of benzene rings is 1. The number of hydrogen-bond donors (Lipinski definition) is 2. The van der Waals surface area contributed by atoms with E-state index in [1.54, 1.807) is 0 Å². The quantitative estimate of drug-likeness (QED) is 0.855. The summed E-state index contributed by atoms with van der Waals surface area (Å²) in [6.45, 7) is 6.52. The minimum absolute atomic E-state index is 0.100. The zero-order chi connectivity index (χ0) is 15.7. The second-order valence-corrected chi connectivity index (χ2v) is 6.03. The molecule has 2 N–H and O–H groups in total. The van der Waals surface area contributed by atoms with Crippen LogP contribution in [0.15, 0.2) is 29.1 Å². The molecule has 22 heavy (non-hydrogen) atoms. The zero-order valence-electron chi connectivity index (χ0n) is 12.8. The molecule has 1 aromatic carbocycles. The fraction of sp³-hybridized carbons (Fsp3) is 0.375. The van der Waals surface area contributed by atoms with Gasteiger partial charge in [0, 0.05) is 12.2 Å². The lowest BCUT2D eigenvalue weighted by molar-refractivity contribution is 0.273. The average Bonchev–Trinajstić information content (AvgIpc) is 2.50. The van der Waals surface area contributed by atoms with Gasteiger partial charge in [0.2, 0.25) is 0 Å². The minimum atomic E-state index is -0.100. The van der Waals surface area contributed by atoms with Gasteiger partial charge in [-0.3, -0.25) is 19.2 Å². The molecule has 5 nitrogen and oxygen atoms in total. The number of nitrogens with one attached hydrogen (secondary N) is 2. The summed E-state index contributed by atoms with van der Waals surface area (Å²) in [6, 6.07) is 8.12. The molecule has 1 aliphatic heterocycles. The van der Waals surface area contributed by atoms with Crippen LogP contribution in [0, 0.1) is 11.7 Å². The summed E-state index contributed by atoms with van der Waals surface area (Å²) in [4.78, 5) is 17.3. The Morgan fingerprint density at radius 1 is 1.27 bits per heavy atom. The first kappa shape index (κ1) is 15.0. The number of aryl methyl sites for hydroxylation is 1. The molecule has 0 amide bonds. The van der Waals surface area contributed by atoms with Crippen LogP contribution in [0.1, 0.15) is 24.5 Å². The lowest BCUT2D eigenvalue weighted by Crippen LogP contribution is -2.39. The predicted octanol–water partition coefficient (Wildman–Crippen LogP) is 2.80. The Kier molecular flexibility index (Phi) is 4.13. The Labute approximate surface area is 134 Å². The van der Waals surface area contributed by atoms with Crippen LogP contribution in [0.3, 0.4) is 0 Å². The van der Waals surface area contributed by atoms with Gasteiger partial charge in [-0.25, -0.2) is 0 Å². The van der Waals surface area contributed by atoms with E-state index in [9.17, 15) is 4.79 Å². The van der Waals surface area contributed by atoms with Gasteiger partial charge in [0.25, 0.3) is 5.56 Å². The van der Waals surface area contributed by atoms with Gasteiger partial charge >= 0.3 is 0 Å². The van der Waals surface area contributed by atoms with Crippen LogP contribution in [-0.2, 0) is 6.54 Å². The smallest absolute Gasteiger partial charge is 0.258 e. The number of rotatable bonds is 3. The second-order valence-electron chi connectivity index (χ2n) is 5.64. The monoisotopic (exact) mass is 316 g/mol. The molecule has 0 saturated heterocycles. The zero-order valence-corrected chi connectivity index (χ0v) is 13.7. The van der Waals surface area contributed by atoms with E-state index in [1.165, 1.54) is 5.56 Å². The van der Waals surface area contributed by atoms with E-state index in [4.69, 9.17) is 12.2 Å². The van der Waals surface area contributed by atoms with Crippen LogP contribution in [-0.4, -0.2) is 27.7 Å². The molecule has 0 fully saturated rings. The first-order valence-corrected chi connectivity index (χ1v) is 7.92.